The maximum Gasteiger partial charge on any atom is 0.266 e. The van der Waals surface area contributed by atoms with Gasteiger partial charge in [0.15, 0.2) is 11.6 Å². The Bertz CT molecular complexity index is 1390. The molecule has 0 N–H and O–H groups in total. The Kier molecular flexibility index (Phi) is 6.02. The minimum Gasteiger partial charge on any atom is -0.327 e. The molecule has 0 spiro atoms. The summed E-state index contributed by atoms with van der Waals surface area (Å²) in [6.45, 7) is 2.23. The van der Waals surface area contributed by atoms with Gasteiger partial charge < -0.3 is 4.90 Å². The summed E-state index contributed by atoms with van der Waals surface area (Å²) < 4.78 is 0. The summed E-state index contributed by atoms with van der Waals surface area (Å²) in [5, 5.41) is 1.69. The van der Waals surface area contributed by atoms with Crippen LogP contribution in [0.5, 0.6) is 0 Å². The number of hydrogen-bond donors (Lipinski definition) is 0. The number of amides is 1. The number of pyridine rings is 1. The van der Waals surface area contributed by atoms with Crippen LogP contribution in [0.25, 0.3) is 22.2 Å². The number of benzene rings is 2. The lowest BCUT2D eigenvalue weighted by Gasteiger charge is -2.23. The van der Waals surface area contributed by atoms with Gasteiger partial charge in [-0.05, 0) is 25.5 Å². The summed E-state index contributed by atoms with van der Waals surface area (Å²) >= 11 is 1.34. The minimum absolute atomic E-state index is 0.000284. The largest absolute Gasteiger partial charge is 0.327 e. The van der Waals surface area contributed by atoms with Gasteiger partial charge in [0.25, 0.3) is 5.91 Å². The molecule has 7 heteroatoms. The van der Waals surface area contributed by atoms with Gasteiger partial charge in [-0.2, -0.15) is 0 Å². The zero-order valence-electron chi connectivity index (χ0n) is 18.7. The van der Waals surface area contributed by atoms with Gasteiger partial charge in [-0.3, -0.25) is 19.4 Å². The highest BCUT2D eigenvalue weighted by molar-refractivity contribution is 7.14. The Labute approximate surface area is 201 Å². The number of aryl methyl sites for hydroxylation is 1. The van der Waals surface area contributed by atoms with Crippen molar-refractivity contribution in [3.05, 3.63) is 82.3 Å². The second-order valence-corrected chi connectivity index (χ2v) is 9.55. The van der Waals surface area contributed by atoms with Crippen molar-refractivity contribution in [1.82, 2.24) is 14.9 Å². The summed E-state index contributed by atoms with van der Waals surface area (Å²) in [6.07, 6.45) is 2.44. The first-order valence-electron chi connectivity index (χ1n) is 11.3. The van der Waals surface area contributed by atoms with E-state index in [4.69, 9.17) is 0 Å². The van der Waals surface area contributed by atoms with E-state index < -0.39 is 6.04 Å². The first-order valence-corrected chi connectivity index (χ1v) is 12.1. The maximum absolute atomic E-state index is 13.5. The molecule has 2 aromatic carbocycles. The summed E-state index contributed by atoms with van der Waals surface area (Å²) in [7, 11) is 0. The molecule has 2 aromatic heterocycles. The topological polar surface area (TPSA) is 80.2 Å². The number of nitrogens with zero attached hydrogens (tertiary/aromatic N) is 3. The highest BCUT2D eigenvalue weighted by atomic mass is 32.1. The van der Waals surface area contributed by atoms with E-state index in [1.165, 1.54) is 11.3 Å². The number of aromatic nitrogens is 2. The van der Waals surface area contributed by atoms with Crippen LogP contribution in [-0.2, 0) is 4.79 Å². The quantitative estimate of drug-likeness (QED) is 0.367. The summed E-state index contributed by atoms with van der Waals surface area (Å²) in [5.74, 6) is -0.269. The molecule has 0 saturated carbocycles. The standard InChI is InChI=1S/C27H23N3O3S/c1-17-29-25(19-7-3-2-4-8-19)26(34-17)27(33)30-16-14-23(32)21(30)12-13-22(31)20-11-5-9-18-10-6-15-28-24(18)20/h2-11,15,21H,12-14,16H2,1H3/t21-/m1/s1. The van der Waals surface area contributed by atoms with Crippen LogP contribution in [0.4, 0.5) is 0 Å². The number of carbonyl (C=O) groups excluding carboxylic acids is 3. The molecule has 0 radical (unpaired) electrons. The number of para-hydroxylation sites is 1. The van der Waals surface area contributed by atoms with Crippen molar-refractivity contribution in [3.63, 3.8) is 0 Å². The van der Waals surface area contributed by atoms with Gasteiger partial charge in [0, 0.05) is 42.1 Å². The van der Waals surface area contributed by atoms with Gasteiger partial charge in [0.05, 0.1) is 22.3 Å². The second-order valence-electron chi connectivity index (χ2n) is 8.35. The lowest BCUT2D eigenvalue weighted by atomic mass is 9.99. The molecule has 34 heavy (non-hydrogen) atoms. The fraction of sp³-hybridized carbons (Fsp3) is 0.222. The van der Waals surface area contributed by atoms with Gasteiger partial charge in [0.1, 0.15) is 4.88 Å². The molecule has 1 amide bonds. The predicted molar refractivity (Wildman–Crippen MR) is 132 cm³/mol. The van der Waals surface area contributed by atoms with Crippen LogP contribution < -0.4 is 0 Å². The first kappa shape index (κ1) is 22.1. The molecule has 4 aromatic rings. The van der Waals surface area contributed by atoms with Crippen molar-refractivity contribution in [3.8, 4) is 11.3 Å². The number of hydrogen-bond acceptors (Lipinski definition) is 6. The molecule has 0 aliphatic carbocycles. The van der Waals surface area contributed by atoms with Crippen molar-refractivity contribution in [1.29, 1.82) is 0 Å². The number of ketones is 2. The minimum atomic E-state index is -0.606. The van der Waals surface area contributed by atoms with E-state index in [1.807, 2.05) is 61.5 Å². The molecule has 1 aliphatic rings. The Morgan fingerprint density at radius 2 is 1.85 bits per heavy atom. The molecule has 0 unspecified atom stereocenters. The van der Waals surface area contributed by atoms with Crippen molar-refractivity contribution in [2.45, 2.75) is 32.2 Å². The molecular formula is C27H23N3O3S. The van der Waals surface area contributed by atoms with E-state index in [1.54, 1.807) is 17.2 Å². The van der Waals surface area contributed by atoms with E-state index in [0.29, 0.717) is 41.0 Å². The average molecular weight is 470 g/mol. The van der Waals surface area contributed by atoms with Crippen LogP contribution in [0.3, 0.4) is 0 Å². The Morgan fingerprint density at radius 1 is 1.06 bits per heavy atom. The molecule has 3 heterocycles. The number of Topliss-reactive ketones (excluding diaryl/α,β-unsaturated/α-hetero) is 2. The smallest absolute Gasteiger partial charge is 0.266 e. The van der Waals surface area contributed by atoms with E-state index in [-0.39, 0.29) is 23.9 Å². The highest BCUT2D eigenvalue weighted by Crippen LogP contribution is 2.32. The van der Waals surface area contributed by atoms with Gasteiger partial charge in [0.2, 0.25) is 0 Å². The number of fused-ring (bicyclic) bond motifs is 1. The predicted octanol–water partition coefficient (Wildman–Crippen LogP) is 5.11. The lowest BCUT2D eigenvalue weighted by Crippen LogP contribution is -2.38. The monoisotopic (exact) mass is 469 g/mol. The number of thiazole rings is 1. The summed E-state index contributed by atoms with van der Waals surface area (Å²) in [5.41, 5.74) is 2.72. The fourth-order valence-electron chi connectivity index (χ4n) is 4.51. The molecular weight excluding hydrogens is 446 g/mol. The van der Waals surface area contributed by atoms with Gasteiger partial charge >= 0.3 is 0 Å². The second kappa shape index (κ2) is 9.27. The zero-order chi connectivity index (χ0) is 23.7. The highest BCUT2D eigenvalue weighted by Gasteiger charge is 2.37. The molecule has 170 valence electrons. The van der Waals surface area contributed by atoms with Crippen molar-refractivity contribution < 1.29 is 14.4 Å². The Morgan fingerprint density at radius 3 is 2.68 bits per heavy atom. The van der Waals surface area contributed by atoms with Crippen molar-refractivity contribution in [2.75, 3.05) is 6.54 Å². The number of carbonyl (C=O) groups is 3. The molecule has 5 rings (SSSR count). The SMILES string of the molecule is Cc1nc(-c2ccccc2)c(C(=O)N2CCC(=O)[C@H]2CCC(=O)c2cccc3cccnc23)s1. The third-order valence-electron chi connectivity index (χ3n) is 6.16. The molecule has 1 aliphatic heterocycles. The van der Waals surface area contributed by atoms with Crippen molar-refractivity contribution >= 4 is 39.7 Å². The molecule has 1 fully saturated rings. The van der Waals surface area contributed by atoms with Crippen LogP contribution in [0.15, 0.2) is 66.9 Å². The summed E-state index contributed by atoms with van der Waals surface area (Å²) in [6, 6.07) is 18.3. The zero-order valence-corrected chi connectivity index (χ0v) is 19.5. The van der Waals surface area contributed by atoms with Crippen LogP contribution in [0.1, 0.15) is 44.3 Å². The lowest BCUT2D eigenvalue weighted by molar-refractivity contribution is -0.119. The van der Waals surface area contributed by atoms with Gasteiger partial charge in [-0.25, -0.2) is 4.98 Å². The fourth-order valence-corrected chi connectivity index (χ4v) is 5.41. The van der Waals surface area contributed by atoms with E-state index in [0.717, 1.165) is 16.0 Å². The summed E-state index contributed by atoms with van der Waals surface area (Å²) in [4.78, 5) is 50.4. The van der Waals surface area contributed by atoms with Crippen molar-refractivity contribution in [2.24, 2.45) is 0 Å². The first-order chi connectivity index (χ1) is 16.5. The van der Waals surface area contributed by atoms with Crippen LogP contribution in [-0.4, -0.2) is 44.9 Å². The number of rotatable bonds is 6. The third-order valence-corrected chi connectivity index (χ3v) is 7.12. The maximum atomic E-state index is 13.5. The Balaban J connectivity index is 1.37. The van der Waals surface area contributed by atoms with E-state index in [9.17, 15) is 14.4 Å². The van der Waals surface area contributed by atoms with E-state index >= 15 is 0 Å². The van der Waals surface area contributed by atoms with E-state index in [2.05, 4.69) is 9.97 Å². The molecule has 1 atom stereocenters. The molecule has 0 bridgehead atoms. The van der Waals surface area contributed by atoms with Gasteiger partial charge in [-0.15, -0.1) is 11.3 Å². The molecule has 1 saturated heterocycles. The average Bonchev–Trinajstić information content (AvgIpc) is 3.44. The van der Waals surface area contributed by atoms with Crippen LogP contribution in [0, 0.1) is 6.92 Å². The third kappa shape index (κ3) is 4.15. The molecule has 6 nitrogen and oxygen atoms in total. The van der Waals surface area contributed by atoms with Crippen LogP contribution in [0.2, 0.25) is 0 Å². The number of likely N-dealkylation sites (tertiary alicyclic amines) is 1. The normalized spacial score (nSPS) is 15.7. The van der Waals surface area contributed by atoms with Crippen LogP contribution >= 0.6 is 11.3 Å². The van der Waals surface area contributed by atoms with Gasteiger partial charge in [-0.1, -0.05) is 48.5 Å². The Hall–Kier alpha value is -3.71.